The zero-order valence-electron chi connectivity index (χ0n) is 12.7. The molecule has 1 aliphatic heterocycles. The van der Waals surface area contributed by atoms with Crippen LogP contribution in [0, 0.1) is 5.82 Å². The van der Waals surface area contributed by atoms with E-state index in [1.807, 2.05) is 41.4 Å². The number of nitrogens with zero attached hydrogens (tertiary/aromatic N) is 2. The molecule has 0 unspecified atom stereocenters. The van der Waals surface area contributed by atoms with E-state index in [2.05, 4.69) is 15.3 Å². The Bertz CT molecular complexity index is 833. The van der Waals surface area contributed by atoms with Gasteiger partial charge in [-0.1, -0.05) is 6.07 Å². The number of hydrogen-bond acceptors (Lipinski definition) is 2. The lowest BCUT2D eigenvalue weighted by molar-refractivity contribution is 0.558. The molecule has 0 radical (unpaired) electrons. The average molecular weight is 338 g/mol. The molecule has 2 aromatic heterocycles. The highest BCUT2D eigenvalue weighted by Crippen LogP contribution is 2.40. The summed E-state index contributed by atoms with van der Waals surface area (Å²) in [5.74, 6) is -0.269. The summed E-state index contributed by atoms with van der Waals surface area (Å²) in [4.78, 5) is 9.74. The zero-order chi connectivity index (χ0) is 16.5. The Labute approximate surface area is 144 Å². The van der Waals surface area contributed by atoms with Crippen molar-refractivity contribution in [3.05, 3.63) is 84.2 Å². The monoisotopic (exact) mass is 338 g/mol. The van der Waals surface area contributed by atoms with Crippen LogP contribution in [0.4, 0.5) is 10.1 Å². The molecule has 120 valence electrons. The lowest BCUT2D eigenvalue weighted by Gasteiger charge is -2.27. The SMILES string of the molecule is Fc1ccc(N2C(=S)N[C@@H](c3ccccn3)[C@H]2c2ccc[nH]2)cc1. The summed E-state index contributed by atoms with van der Waals surface area (Å²) in [7, 11) is 0. The number of aromatic nitrogens is 2. The third-order valence-electron chi connectivity index (χ3n) is 4.14. The number of halogens is 1. The second kappa shape index (κ2) is 6.05. The Morgan fingerprint density at radius 2 is 1.88 bits per heavy atom. The Balaban J connectivity index is 1.80. The van der Waals surface area contributed by atoms with Crippen molar-refractivity contribution < 1.29 is 4.39 Å². The van der Waals surface area contributed by atoms with Gasteiger partial charge in [-0.2, -0.15) is 0 Å². The molecule has 6 heteroatoms. The van der Waals surface area contributed by atoms with Gasteiger partial charge in [-0.25, -0.2) is 4.39 Å². The lowest BCUT2D eigenvalue weighted by Crippen LogP contribution is -2.29. The average Bonchev–Trinajstić information content (AvgIpc) is 3.24. The van der Waals surface area contributed by atoms with Gasteiger partial charge in [0.25, 0.3) is 0 Å². The van der Waals surface area contributed by atoms with E-state index >= 15 is 0 Å². The molecule has 1 aliphatic rings. The predicted molar refractivity (Wildman–Crippen MR) is 95.1 cm³/mol. The first kappa shape index (κ1) is 14.8. The third-order valence-corrected chi connectivity index (χ3v) is 4.46. The van der Waals surface area contributed by atoms with Crippen molar-refractivity contribution in [3.63, 3.8) is 0 Å². The molecule has 2 atom stereocenters. The van der Waals surface area contributed by atoms with E-state index in [-0.39, 0.29) is 17.9 Å². The van der Waals surface area contributed by atoms with Crippen LogP contribution in [0.1, 0.15) is 23.5 Å². The van der Waals surface area contributed by atoms with Gasteiger partial charge in [0.05, 0.1) is 11.7 Å². The minimum Gasteiger partial charge on any atom is -0.363 e. The van der Waals surface area contributed by atoms with Crippen LogP contribution >= 0.6 is 12.2 Å². The van der Waals surface area contributed by atoms with Crippen LogP contribution in [0.2, 0.25) is 0 Å². The van der Waals surface area contributed by atoms with Crippen LogP contribution in [-0.2, 0) is 0 Å². The molecule has 4 rings (SSSR count). The highest BCUT2D eigenvalue weighted by atomic mass is 32.1. The molecular weight excluding hydrogens is 323 g/mol. The van der Waals surface area contributed by atoms with Gasteiger partial charge in [-0.15, -0.1) is 0 Å². The minimum absolute atomic E-state index is 0.0899. The number of nitrogens with one attached hydrogen (secondary N) is 2. The quantitative estimate of drug-likeness (QED) is 0.714. The van der Waals surface area contributed by atoms with E-state index in [1.165, 1.54) is 12.1 Å². The fourth-order valence-corrected chi connectivity index (χ4v) is 3.42. The summed E-state index contributed by atoms with van der Waals surface area (Å²) in [6.45, 7) is 0. The lowest BCUT2D eigenvalue weighted by atomic mass is 10.0. The largest absolute Gasteiger partial charge is 0.363 e. The molecule has 1 saturated heterocycles. The van der Waals surface area contributed by atoms with Crippen LogP contribution < -0.4 is 10.2 Å². The summed E-state index contributed by atoms with van der Waals surface area (Å²) in [6, 6.07) is 16.0. The summed E-state index contributed by atoms with van der Waals surface area (Å²) >= 11 is 5.56. The van der Waals surface area contributed by atoms with E-state index < -0.39 is 0 Å². The molecule has 4 nitrogen and oxygen atoms in total. The van der Waals surface area contributed by atoms with Crippen molar-refractivity contribution in [2.75, 3.05) is 4.90 Å². The van der Waals surface area contributed by atoms with Crippen molar-refractivity contribution in [2.45, 2.75) is 12.1 Å². The highest BCUT2D eigenvalue weighted by Gasteiger charge is 2.41. The van der Waals surface area contributed by atoms with Gasteiger partial charge in [-0.3, -0.25) is 4.98 Å². The number of thiocarbonyl (C=S) groups is 1. The second-order valence-corrected chi connectivity index (χ2v) is 5.99. The topological polar surface area (TPSA) is 44.0 Å². The van der Waals surface area contributed by atoms with Gasteiger partial charge >= 0.3 is 0 Å². The van der Waals surface area contributed by atoms with Gasteiger partial charge < -0.3 is 15.2 Å². The Hall–Kier alpha value is -2.73. The van der Waals surface area contributed by atoms with Gasteiger partial charge in [0.15, 0.2) is 5.11 Å². The first-order chi connectivity index (χ1) is 11.7. The van der Waals surface area contributed by atoms with E-state index in [0.717, 1.165) is 17.1 Å². The maximum atomic E-state index is 13.3. The zero-order valence-corrected chi connectivity index (χ0v) is 13.5. The summed E-state index contributed by atoms with van der Waals surface area (Å²) in [6.07, 6.45) is 3.65. The Morgan fingerprint density at radius 3 is 2.54 bits per heavy atom. The van der Waals surface area contributed by atoms with E-state index in [0.29, 0.717) is 5.11 Å². The molecule has 0 bridgehead atoms. The van der Waals surface area contributed by atoms with Crippen molar-refractivity contribution in [1.29, 1.82) is 0 Å². The maximum Gasteiger partial charge on any atom is 0.174 e. The molecule has 1 fully saturated rings. The summed E-state index contributed by atoms with van der Waals surface area (Å²) in [5.41, 5.74) is 2.76. The number of hydrogen-bond donors (Lipinski definition) is 2. The predicted octanol–water partition coefficient (Wildman–Crippen LogP) is 3.73. The standard InChI is InChI=1S/C18H15FN4S/c19-12-6-8-13(9-7-12)23-17(15-5-3-11-21-15)16(22-18(23)24)14-4-1-2-10-20-14/h1-11,16-17,21H,(H,22,24)/t16-,17+/m0/s1. The van der Waals surface area contributed by atoms with Gasteiger partial charge in [0.2, 0.25) is 0 Å². The van der Waals surface area contributed by atoms with Crippen LogP contribution in [-0.4, -0.2) is 15.1 Å². The third kappa shape index (κ3) is 2.55. The number of aromatic amines is 1. The molecule has 24 heavy (non-hydrogen) atoms. The number of anilines is 1. The molecule has 0 aliphatic carbocycles. The van der Waals surface area contributed by atoms with Crippen LogP contribution in [0.3, 0.4) is 0 Å². The number of benzene rings is 1. The molecule has 2 N–H and O–H groups in total. The molecule has 0 saturated carbocycles. The number of H-pyrrole nitrogens is 1. The highest BCUT2D eigenvalue weighted by molar-refractivity contribution is 7.80. The fraction of sp³-hybridized carbons (Fsp3) is 0.111. The summed E-state index contributed by atoms with van der Waals surface area (Å²) < 4.78 is 13.3. The first-order valence-corrected chi connectivity index (χ1v) is 8.04. The van der Waals surface area contributed by atoms with Gasteiger partial charge in [0.1, 0.15) is 11.9 Å². The van der Waals surface area contributed by atoms with Gasteiger partial charge in [0, 0.05) is 23.8 Å². The first-order valence-electron chi connectivity index (χ1n) is 7.63. The smallest absolute Gasteiger partial charge is 0.174 e. The molecule has 3 aromatic rings. The summed E-state index contributed by atoms with van der Waals surface area (Å²) in [5, 5.41) is 3.95. The maximum absolute atomic E-state index is 13.3. The number of pyridine rings is 1. The normalized spacial score (nSPS) is 20.2. The van der Waals surface area contributed by atoms with Crippen LogP contribution in [0.25, 0.3) is 0 Å². The van der Waals surface area contributed by atoms with Crippen molar-refractivity contribution >= 4 is 23.0 Å². The van der Waals surface area contributed by atoms with Crippen molar-refractivity contribution in [1.82, 2.24) is 15.3 Å². The van der Waals surface area contributed by atoms with E-state index in [1.54, 1.807) is 18.3 Å². The molecule has 0 spiro atoms. The van der Waals surface area contributed by atoms with E-state index in [9.17, 15) is 4.39 Å². The van der Waals surface area contributed by atoms with Crippen molar-refractivity contribution in [3.8, 4) is 0 Å². The second-order valence-electron chi connectivity index (χ2n) is 5.60. The molecular formula is C18H15FN4S. The minimum atomic E-state index is -0.269. The molecule has 0 amide bonds. The van der Waals surface area contributed by atoms with Crippen LogP contribution in [0.5, 0.6) is 0 Å². The number of rotatable bonds is 3. The van der Waals surface area contributed by atoms with Gasteiger partial charge in [-0.05, 0) is 60.7 Å². The fourth-order valence-electron chi connectivity index (χ4n) is 3.08. The van der Waals surface area contributed by atoms with Crippen LogP contribution in [0.15, 0.2) is 67.0 Å². The van der Waals surface area contributed by atoms with Crippen molar-refractivity contribution in [2.24, 2.45) is 0 Å². The Morgan fingerprint density at radius 1 is 1.04 bits per heavy atom. The van der Waals surface area contributed by atoms with E-state index in [4.69, 9.17) is 12.2 Å². The molecule has 3 heterocycles. The Kier molecular flexibility index (Phi) is 3.74. The molecule has 1 aromatic carbocycles.